The first-order chi connectivity index (χ1) is 16.0. The highest BCUT2D eigenvalue weighted by Gasteiger charge is 2.29. The van der Waals surface area contributed by atoms with Crippen molar-refractivity contribution in [2.24, 2.45) is 0 Å². The molecule has 0 saturated heterocycles. The van der Waals surface area contributed by atoms with E-state index in [9.17, 15) is 14.0 Å². The molecule has 4 nitrogen and oxygen atoms in total. The fourth-order valence-corrected chi connectivity index (χ4v) is 4.84. The third kappa shape index (κ3) is 7.44. The molecular formula is C26H26BrFN2O2S. The molecule has 0 spiro atoms. The number of thioether (sulfide) groups is 1. The first-order valence-electron chi connectivity index (χ1n) is 10.6. The molecule has 3 aromatic rings. The molecule has 0 bridgehead atoms. The Morgan fingerprint density at radius 1 is 1.00 bits per heavy atom. The van der Waals surface area contributed by atoms with Gasteiger partial charge in [-0.25, -0.2) is 4.39 Å². The number of rotatable bonds is 10. The minimum Gasteiger partial charge on any atom is -0.357 e. The van der Waals surface area contributed by atoms with Gasteiger partial charge in [0, 0.05) is 30.2 Å². The summed E-state index contributed by atoms with van der Waals surface area (Å²) in [6.07, 6.45) is 0.401. The van der Waals surface area contributed by atoms with Crippen LogP contribution in [0.4, 0.5) is 4.39 Å². The summed E-state index contributed by atoms with van der Waals surface area (Å²) in [6.45, 7) is 0.295. The van der Waals surface area contributed by atoms with E-state index < -0.39 is 6.04 Å². The molecule has 0 saturated carbocycles. The van der Waals surface area contributed by atoms with Crippen LogP contribution in [0, 0.1) is 5.82 Å². The summed E-state index contributed by atoms with van der Waals surface area (Å²) in [5, 5.41) is 2.71. The number of hydrogen-bond donors (Lipinski definition) is 1. The molecule has 3 rings (SSSR count). The van der Waals surface area contributed by atoms with Gasteiger partial charge >= 0.3 is 0 Å². The van der Waals surface area contributed by atoms with E-state index in [1.165, 1.54) is 17.8 Å². The fourth-order valence-electron chi connectivity index (χ4n) is 3.50. The van der Waals surface area contributed by atoms with Crippen LogP contribution in [0.2, 0.25) is 0 Å². The van der Waals surface area contributed by atoms with Gasteiger partial charge in [-0.15, -0.1) is 11.8 Å². The lowest BCUT2D eigenvalue weighted by atomic mass is 10.0. The van der Waals surface area contributed by atoms with Crippen LogP contribution in [0.3, 0.4) is 0 Å². The molecule has 0 unspecified atom stereocenters. The van der Waals surface area contributed by atoms with Crippen molar-refractivity contribution in [2.45, 2.75) is 24.8 Å². The van der Waals surface area contributed by atoms with Crippen LogP contribution < -0.4 is 5.32 Å². The van der Waals surface area contributed by atoms with Gasteiger partial charge in [0.25, 0.3) is 0 Å². The van der Waals surface area contributed by atoms with Gasteiger partial charge in [0.15, 0.2) is 0 Å². The maximum atomic E-state index is 14.0. The Morgan fingerprint density at radius 2 is 1.70 bits per heavy atom. The van der Waals surface area contributed by atoms with E-state index in [0.29, 0.717) is 24.3 Å². The number of amides is 2. The molecule has 1 atom stereocenters. The number of likely N-dealkylation sites (N-methyl/N-ethyl adjacent to an activating group) is 1. The van der Waals surface area contributed by atoms with Crippen LogP contribution in [0.15, 0.2) is 83.3 Å². The zero-order chi connectivity index (χ0) is 23.6. The SMILES string of the molecule is CNC(=O)[C@H](Cc1ccccc1)N(Cc1cccc(Br)c1)C(=O)CSCc1ccccc1F. The Hall–Kier alpha value is -2.64. The lowest BCUT2D eigenvalue weighted by Gasteiger charge is -2.31. The average Bonchev–Trinajstić information content (AvgIpc) is 2.82. The Kier molecular flexibility index (Phi) is 9.51. The van der Waals surface area contributed by atoms with Gasteiger partial charge in [-0.2, -0.15) is 0 Å². The first kappa shape index (κ1) is 25.0. The van der Waals surface area contributed by atoms with Gasteiger partial charge in [-0.1, -0.05) is 76.6 Å². The van der Waals surface area contributed by atoms with E-state index in [-0.39, 0.29) is 23.4 Å². The molecule has 7 heteroatoms. The number of carbonyl (C=O) groups excluding carboxylic acids is 2. The lowest BCUT2D eigenvalue weighted by Crippen LogP contribution is -2.50. The molecule has 0 aliphatic rings. The molecule has 0 fully saturated rings. The lowest BCUT2D eigenvalue weighted by molar-refractivity contribution is -0.139. The highest BCUT2D eigenvalue weighted by atomic mass is 79.9. The number of hydrogen-bond acceptors (Lipinski definition) is 3. The maximum Gasteiger partial charge on any atom is 0.242 e. The highest BCUT2D eigenvalue weighted by Crippen LogP contribution is 2.21. The number of benzene rings is 3. The molecule has 2 amide bonds. The Balaban J connectivity index is 1.81. The molecule has 0 aromatic heterocycles. The van der Waals surface area contributed by atoms with Crippen molar-refractivity contribution in [3.8, 4) is 0 Å². The molecule has 33 heavy (non-hydrogen) atoms. The van der Waals surface area contributed by atoms with E-state index in [4.69, 9.17) is 0 Å². The van der Waals surface area contributed by atoms with Crippen molar-refractivity contribution in [1.29, 1.82) is 0 Å². The van der Waals surface area contributed by atoms with Crippen LogP contribution in [-0.2, 0) is 28.3 Å². The van der Waals surface area contributed by atoms with Crippen LogP contribution in [0.5, 0.6) is 0 Å². The summed E-state index contributed by atoms with van der Waals surface area (Å²) in [4.78, 5) is 27.9. The third-order valence-electron chi connectivity index (χ3n) is 5.20. The predicted octanol–water partition coefficient (Wildman–Crippen LogP) is 5.21. The van der Waals surface area contributed by atoms with Crippen LogP contribution in [0.1, 0.15) is 16.7 Å². The summed E-state index contributed by atoms with van der Waals surface area (Å²) in [5.41, 5.74) is 2.44. The maximum absolute atomic E-state index is 14.0. The zero-order valence-corrected chi connectivity index (χ0v) is 20.7. The quantitative estimate of drug-likeness (QED) is 0.393. The Bertz CT molecular complexity index is 1080. The van der Waals surface area contributed by atoms with Crippen LogP contribution in [-0.4, -0.2) is 35.6 Å². The van der Waals surface area contributed by atoms with E-state index in [0.717, 1.165) is 15.6 Å². The number of nitrogens with one attached hydrogen (secondary N) is 1. The molecular weight excluding hydrogens is 503 g/mol. The molecule has 1 N–H and O–H groups in total. The fraction of sp³-hybridized carbons (Fsp3) is 0.231. The molecule has 0 aliphatic carbocycles. The van der Waals surface area contributed by atoms with Gasteiger partial charge in [0.05, 0.1) is 5.75 Å². The van der Waals surface area contributed by atoms with E-state index in [2.05, 4.69) is 21.2 Å². The van der Waals surface area contributed by atoms with Crippen LogP contribution >= 0.6 is 27.7 Å². The highest BCUT2D eigenvalue weighted by molar-refractivity contribution is 9.10. The number of nitrogens with zero attached hydrogens (tertiary/aromatic N) is 1. The van der Waals surface area contributed by atoms with Gasteiger partial charge in [0.2, 0.25) is 11.8 Å². The Labute approximate surface area is 206 Å². The standard InChI is InChI=1S/C26H26BrFN2O2S/c1-29-26(32)24(15-19-8-3-2-4-9-19)30(16-20-10-7-12-22(27)14-20)25(31)18-33-17-21-11-5-6-13-23(21)28/h2-14,24H,15-18H2,1H3,(H,29,32)/t24-/m0/s1. The number of halogens is 2. The van der Waals surface area contributed by atoms with E-state index in [1.54, 1.807) is 30.1 Å². The predicted molar refractivity (Wildman–Crippen MR) is 135 cm³/mol. The van der Waals surface area contributed by atoms with Crippen molar-refractivity contribution in [1.82, 2.24) is 10.2 Å². The van der Waals surface area contributed by atoms with Crippen molar-refractivity contribution < 1.29 is 14.0 Å². The van der Waals surface area contributed by atoms with E-state index in [1.807, 2.05) is 54.6 Å². The van der Waals surface area contributed by atoms with Gasteiger partial charge in [-0.3, -0.25) is 9.59 Å². The van der Waals surface area contributed by atoms with E-state index >= 15 is 0 Å². The molecule has 3 aromatic carbocycles. The topological polar surface area (TPSA) is 49.4 Å². The van der Waals surface area contributed by atoms with Gasteiger partial charge < -0.3 is 10.2 Å². The van der Waals surface area contributed by atoms with Crippen molar-refractivity contribution >= 4 is 39.5 Å². The molecule has 0 radical (unpaired) electrons. The average molecular weight is 529 g/mol. The second-order valence-corrected chi connectivity index (χ2v) is 9.46. The molecule has 172 valence electrons. The normalized spacial score (nSPS) is 11.6. The Morgan fingerprint density at radius 3 is 2.39 bits per heavy atom. The van der Waals surface area contributed by atoms with Crippen LogP contribution in [0.25, 0.3) is 0 Å². The zero-order valence-electron chi connectivity index (χ0n) is 18.3. The van der Waals surface area contributed by atoms with Gasteiger partial charge in [0.1, 0.15) is 11.9 Å². The molecule has 0 aliphatic heterocycles. The first-order valence-corrected chi connectivity index (χ1v) is 12.5. The number of carbonyl (C=O) groups is 2. The van der Waals surface area contributed by atoms with Gasteiger partial charge in [-0.05, 0) is 34.9 Å². The van der Waals surface area contributed by atoms with Crippen molar-refractivity contribution in [3.05, 3.63) is 106 Å². The summed E-state index contributed by atoms with van der Waals surface area (Å²) >= 11 is 4.82. The third-order valence-corrected chi connectivity index (χ3v) is 6.66. The second kappa shape index (κ2) is 12.6. The van der Waals surface area contributed by atoms with Crippen molar-refractivity contribution in [3.63, 3.8) is 0 Å². The summed E-state index contributed by atoms with van der Waals surface area (Å²) in [5.74, 6) is -0.144. The molecule has 0 heterocycles. The minimum atomic E-state index is -0.669. The second-order valence-electron chi connectivity index (χ2n) is 7.56. The summed E-state index contributed by atoms with van der Waals surface area (Å²) in [7, 11) is 1.58. The summed E-state index contributed by atoms with van der Waals surface area (Å²) in [6, 6.07) is 23.2. The largest absolute Gasteiger partial charge is 0.357 e. The minimum absolute atomic E-state index is 0.143. The van der Waals surface area contributed by atoms with Crippen molar-refractivity contribution in [2.75, 3.05) is 12.8 Å². The monoisotopic (exact) mass is 528 g/mol. The summed E-state index contributed by atoms with van der Waals surface area (Å²) < 4.78 is 14.9. The smallest absolute Gasteiger partial charge is 0.242 e.